The van der Waals surface area contributed by atoms with Gasteiger partial charge in [0.2, 0.25) is 5.91 Å². The lowest BCUT2D eigenvalue weighted by atomic mass is 9.98. The first kappa shape index (κ1) is 22.2. The Bertz CT molecular complexity index is 871. The number of hydrogen-bond donors (Lipinski definition) is 2. The fourth-order valence-electron chi connectivity index (χ4n) is 4.14. The Morgan fingerprint density at radius 2 is 1.55 bits per heavy atom. The first-order valence-electron chi connectivity index (χ1n) is 10.5. The molecule has 6 atom stereocenters. The largest absolute Gasteiger partial charge is 0.342 e. The summed E-state index contributed by atoms with van der Waals surface area (Å²) in [4.78, 5) is 25.7. The van der Waals surface area contributed by atoms with E-state index in [2.05, 4.69) is 10.6 Å². The summed E-state index contributed by atoms with van der Waals surface area (Å²) in [6, 6.07) is 6.64. The molecule has 4 rings (SSSR count). The summed E-state index contributed by atoms with van der Waals surface area (Å²) < 4.78 is 29.7. The van der Waals surface area contributed by atoms with Gasteiger partial charge in [-0.05, 0) is 53.2 Å². The van der Waals surface area contributed by atoms with Crippen LogP contribution in [0.3, 0.4) is 0 Å². The van der Waals surface area contributed by atoms with Gasteiger partial charge in [0.15, 0.2) is 24.0 Å². The third kappa shape index (κ3) is 4.47. The van der Waals surface area contributed by atoms with Crippen LogP contribution in [-0.4, -0.2) is 60.1 Å². The van der Waals surface area contributed by atoms with Gasteiger partial charge in [0.05, 0.1) is 0 Å². The lowest BCUT2D eigenvalue weighted by molar-refractivity contribution is -0.231. The molecular formula is C22H30N2O7. The number of nitrogens with one attached hydrogen (secondary N) is 2. The van der Waals surface area contributed by atoms with Gasteiger partial charge in [-0.1, -0.05) is 18.2 Å². The Hall–Kier alpha value is -2.04. The van der Waals surface area contributed by atoms with Gasteiger partial charge in [-0.2, -0.15) is 0 Å². The second-order valence-corrected chi connectivity index (χ2v) is 9.12. The molecule has 2 N–H and O–H groups in total. The fraction of sp³-hybridized carbons (Fsp3) is 0.636. The van der Waals surface area contributed by atoms with Crippen LogP contribution in [0.15, 0.2) is 24.3 Å². The van der Waals surface area contributed by atoms with Crippen LogP contribution in [0.4, 0.5) is 5.69 Å². The smallest absolute Gasteiger partial charge is 0.252 e. The molecule has 170 valence electrons. The third-order valence-corrected chi connectivity index (χ3v) is 5.57. The Labute approximate surface area is 181 Å². The van der Waals surface area contributed by atoms with E-state index < -0.39 is 54.2 Å². The topological polar surface area (TPSA) is 104 Å². The van der Waals surface area contributed by atoms with Gasteiger partial charge >= 0.3 is 0 Å². The molecule has 0 aliphatic carbocycles. The molecule has 9 nitrogen and oxygen atoms in total. The minimum absolute atomic E-state index is 0.335. The van der Waals surface area contributed by atoms with E-state index in [9.17, 15) is 9.59 Å². The van der Waals surface area contributed by atoms with E-state index in [1.54, 1.807) is 34.6 Å². The monoisotopic (exact) mass is 434 g/mol. The van der Waals surface area contributed by atoms with Crippen LogP contribution in [0.5, 0.6) is 0 Å². The maximum Gasteiger partial charge on any atom is 0.252 e. The van der Waals surface area contributed by atoms with E-state index in [0.717, 1.165) is 5.56 Å². The zero-order chi connectivity index (χ0) is 22.6. The Kier molecular flexibility index (Phi) is 5.60. The van der Waals surface area contributed by atoms with Gasteiger partial charge in [-0.15, -0.1) is 0 Å². The SMILES string of the molecule is Cc1ccccc1NC(=O)[C@H](C)NC(=O)[C@H]1O[C@@H]2OC(C)(C)O[C@H]2[C@H]2OC(C)(C)O[C@@H]21. The number of aryl methyl sites for hydroxylation is 1. The molecule has 9 heteroatoms. The van der Waals surface area contributed by atoms with Crippen LogP contribution in [0.25, 0.3) is 0 Å². The van der Waals surface area contributed by atoms with E-state index >= 15 is 0 Å². The average Bonchev–Trinajstić information content (AvgIpc) is 3.16. The van der Waals surface area contributed by atoms with Crippen molar-refractivity contribution in [2.24, 2.45) is 0 Å². The Morgan fingerprint density at radius 1 is 0.935 bits per heavy atom. The van der Waals surface area contributed by atoms with Crippen molar-refractivity contribution in [3.05, 3.63) is 29.8 Å². The number of ether oxygens (including phenoxy) is 5. The molecule has 0 aromatic heterocycles. The number of carbonyl (C=O) groups excluding carboxylic acids is 2. The molecule has 3 heterocycles. The van der Waals surface area contributed by atoms with Crippen molar-refractivity contribution >= 4 is 17.5 Å². The number of benzene rings is 1. The van der Waals surface area contributed by atoms with Crippen molar-refractivity contribution in [2.75, 3.05) is 5.32 Å². The van der Waals surface area contributed by atoms with E-state index in [1.807, 2.05) is 31.2 Å². The van der Waals surface area contributed by atoms with E-state index in [4.69, 9.17) is 23.7 Å². The van der Waals surface area contributed by atoms with Crippen molar-refractivity contribution in [2.45, 2.75) is 89.9 Å². The number of rotatable bonds is 4. The number of amides is 2. The van der Waals surface area contributed by atoms with Gasteiger partial charge in [-0.3, -0.25) is 9.59 Å². The molecule has 0 spiro atoms. The maximum absolute atomic E-state index is 13.1. The lowest BCUT2D eigenvalue weighted by Gasteiger charge is -2.36. The van der Waals surface area contributed by atoms with Crippen molar-refractivity contribution in [1.82, 2.24) is 5.32 Å². The van der Waals surface area contributed by atoms with Crippen molar-refractivity contribution in [3.63, 3.8) is 0 Å². The van der Waals surface area contributed by atoms with E-state index in [0.29, 0.717) is 5.69 Å². The maximum atomic E-state index is 13.1. The highest BCUT2D eigenvalue weighted by molar-refractivity contribution is 5.98. The fourth-order valence-corrected chi connectivity index (χ4v) is 4.14. The summed E-state index contributed by atoms with van der Waals surface area (Å²) in [7, 11) is 0. The zero-order valence-electron chi connectivity index (χ0n) is 18.6. The van der Waals surface area contributed by atoms with Gasteiger partial charge in [0.1, 0.15) is 24.4 Å². The Balaban J connectivity index is 1.46. The number of anilines is 1. The summed E-state index contributed by atoms with van der Waals surface area (Å²) >= 11 is 0. The standard InChI is InChI=1S/C22H30N2O7/c1-11-9-7-8-10-13(11)24-18(25)12(2)23-19(26)16-14-15(29-21(3,4)28-14)17-20(27-16)31-22(5,6)30-17/h7-10,12,14-17,20H,1-6H3,(H,23,26)(H,24,25)/t12-,14-,15-,16-,17-,20+/m0/s1. The van der Waals surface area contributed by atoms with Crippen LogP contribution >= 0.6 is 0 Å². The first-order valence-corrected chi connectivity index (χ1v) is 10.5. The molecule has 0 saturated carbocycles. The molecule has 0 radical (unpaired) electrons. The van der Waals surface area contributed by atoms with Crippen LogP contribution in [-0.2, 0) is 33.3 Å². The lowest BCUT2D eigenvalue weighted by Crippen LogP contribution is -2.60. The number of carbonyl (C=O) groups is 2. The van der Waals surface area contributed by atoms with Gasteiger partial charge < -0.3 is 34.3 Å². The predicted octanol–water partition coefficient (Wildman–Crippen LogP) is 1.83. The molecule has 1 aromatic rings. The summed E-state index contributed by atoms with van der Waals surface area (Å²) in [6.07, 6.45) is -3.55. The number of para-hydroxylation sites is 1. The van der Waals surface area contributed by atoms with Gasteiger partial charge in [0, 0.05) is 5.69 Å². The molecule has 3 aliphatic rings. The van der Waals surface area contributed by atoms with Gasteiger partial charge in [0.25, 0.3) is 5.91 Å². The molecule has 3 saturated heterocycles. The molecule has 3 fully saturated rings. The quantitative estimate of drug-likeness (QED) is 0.745. The van der Waals surface area contributed by atoms with Crippen molar-refractivity contribution < 1.29 is 33.3 Å². The summed E-state index contributed by atoms with van der Waals surface area (Å²) in [5, 5.41) is 5.55. The molecule has 3 aliphatic heterocycles. The van der Waals surface area contributed by atoms with Crippen LogP contribution < -0.4 is 10.6 Å². The Morgan fingerprint density at radius 3 is 2.26 bits per heavy atom. The van der Waals surface area contributed by atoms with Crippen LogP contribution in [0.1, 0.15) is 40.2 Å². The third-order valence-electron chi connectivity index (χ3n) is 5.57. The summed E-state index contributed by atoms with van der Waals surface area (Å²) in [5.74, 6) is -2.59. The summed E-state index contributed by atoms with van der Waals surface area (Å²) in [5.41, 5.74) is 1.62. The number of hydrogen-bond acceptors (Lipinski definition) is 7. The average molecular weight is 434 g/mol. The minimum atomic E-state index is -1.01. The van der Waals surface area contributed by atoms with Crippen molar-refractivity contribution in [1.29, 1.82) is 0 Å². The molecule has 0 unspecified atom stereocenters. The van der Waals surface area contributed by atoms with Gasteiger partial charge in [-0.25, -0.2) is 0 Å². The van der Waals surface area contributed by atoms with Crippen LogP contribution in [0.2, 0.25) is 0 Å². The molecule has 1 aromatic carbocycles. The normalized spacial score (nSPS) is 33.8. The van der Waals surface area contributed by atoms with E-state index in [-0.39, 0.29) is 5.91 Å². The van der Waals surface area contributed by atoms with Crippen molar-refractivity contribution in [3.8, 4) is 0 Å². The minimum Gasteiger partial charge on any atom is -0.342 e. The summed E-state index contributed by atoms with van der Waals surface area (Å²) in [6.45, 7) is 10.6. The molecule has 31 heavy (non-hydrogen) atoms. The van der Waals surface area contributed by atoms with E-state index in [1.165, 1.54) is 0 Å². The zero-order valence-corrected chi connectivity index (χ0v) is 18.6. The second-order valence-electron chi connectivity index (χ2n) is 9.12. The predicted molar refractivity (Wildman–Crippen MR) is 110 cm³/mol. The highest BCUT2D eigenvalue weighted by Gasteiger charge is 2.62. The first-order chi connectivity index (χ1) is 14.5. The molecule has 2 amide bonds. The molecular weight excluding hydrogens is 404 g/mol. The molecule has 0 bridgehead atoms. The number of fused-ring (bicyclic) bond motifs is 3. The van der Waals surface area contributed by atoms with Crippen LogP contribution in [0, 0.1) is 6.92 Å². The second kappa shape index (κ2) is 7.83. The highest BCUT2D eigenvalue weighted by atomic mass is 16.9. The highest BCUT2D eigenvalue weighted by Crippen LogP contribution is 2.44.